The van der Waals surface area contributed by atoms with E-state index in [1.54, 1.807) is 17.0 Å². The Labute approximate surface area is 232 Å². The van der Waals surface area contributed by atoms with Crippen LogP contribution in [-0.2, 0) is 26.2 Å². The molecule has 2 aromatic rings. The van der Waals surface area contributed by atoms with Crippen molar-refractivity contribution in [1.82, 2.24) is 10.2 Å². The lowest BCUT2D eigenvalue weighted by Crippen LogP contribution is -2.51. The highest BCUT2D eigenvalue weighted by atomic mass is 35.5. The molecule has 9 heteroatoms. The number of hydrogen-bond donors (Lipinski definition) is 1. The summed E-state index contributed by atoms with van der Waals surface area (Å²) in [4.78, 5) is 28.5. The Hall–Kier alpha value is -2.58. The highest BCUT2D eigenvalue weighted by molar-refractivity contribution is 7.92. The number of anilines is 1. The number of carbonyl (C=O) groups excluding carboxylic acids is 2. The first kappa shape index (κ1) is 30.0. The van der Waals surface area contributed by atoms with E-state index < -0.39 is 16.1 Å². The molecule has 7 nitrogen and oxygen atoms in total. The molecule has 2 aromatic carbocycles. The fourth-order valence-corrected chi connectivity index (χ4v) is 6.25. The molecular weight excluding hydrogens is 522 g/mol. The van der Waals surface area contributed by atoms with Crippen LogP contribution in [0, 0.1) is 13.8 Å². The third-order valence-corrected chi connectivity index (χ3v) is 8.45. The number of nitrogens with one attached hydrogen (secondary N) is 1. The minimum Gasteiger partial charge on any atom is -0.352 e. The first-order valence-electron chi connectivity index (χ1n) is 13.4. The molecule has 0 bridgehead atoms. The van der Waals surface area contributed by atoms with E-state index in [-0.39, 0.29) is 37.4 Å². The van der Waals surface area contributed by atoms with Gasteiger partial charge >= 0.3 is 0 Å². The maximum Gasteiger partial charge on any atom is 0.243 e. The van der Waals surface area contributed by atoms with Crippen molar-refractivity contribution in [3.05, 3.63) is 64.2 Å². The van der Waals surface area contributed by atoms with E-state index in [9.17, 15) is 18.0 Å². The van der Waals surface area contributed by atoms with E-state index in [0.29, 0.717) is 23.6 Å². The van der Waals surface area contributed by atoms with Crippen molar-refractivity contribution in [3.63, 3.8) is 0 Å². The molecule has 0 aromatic heterocycles. The Kier molecular flexibility index (Phi) is 10.6. The van der Waals surface area contributed by atoms with Crippen LogP contribution in [0.1, 0.15) is 68.6 Å². The third kappa shape index (κ3) is 8.46. The van der Waals surface area contributed by atoms with Crippen LogP contribution in [0.5, 0.6) is 0 Å². The van der Waals surface area contributed by atoms with Gasteiger partial charge in [0.05, 0.1) is 11.9 Å². The maximum atomic E-state index is 13.6. The molecule has 3 rings (SSSR count). The summed E-state index contributed by atoms with van der Waals surface area (Å²) in [7, 11) is -3.54. The standard InChI is InChI=1S/C29H40ClN3O4S/c1-5-27(29(35)31-25-9-6-7-10-25)32(20-23-12-14-24(30)15-13-23)28(34)11-8-16-33(38(4,36)37)26-18-21(2)17-22(3)19-26/h12-15,17-19,25,27H,5-11,16,20H2,1-4H3,(H,31,35)/t27-/m1/s1. The molecule has 0 heterocycles. The van der Waals surface area contributed by atoms with E-state index in [4.69, 9.17) is 11.6 Å². The fraction of sp³-hybridized carbons (Fsp3) is 0.517. The molecule has 0 unspecified atom stereocenters. The normalized spacial score (nSPS) is 14.8. The molecule has 0 saturated heterocycles. The summed E-state index contributed by atoms with van der Waals surface area (Å²) in [6.07, 6.45) is 6.25. The average molecular weight is 562 g/mol. The van der Waals surface area contributed by atoms with Gasteiger partial charge in [0.25, 0.3) is 0 Å². The van der Waals surface area contributed by atoms with Crippen LogP contribution in [0.15, 0.2) is 42.5 Å². The Morgan fingerprint density at radius 1 is 1.05 bits per heavy atom. The van der Waals surface area contributed by atoms with Crippen molar-refractivity contribution in [2.24, 2.45) is 0 Å². The van der Waals surface area contributed by atoms with Crippen LogP contribution in [-0.4, -0.2) is 50.0 Å². The number of aryl methyl sites for hydroxylation is 2. The van der Waals surface area contributed by atoms with Gasteiger partial charge in [-0.1, -0.05) is 49.6 Å². The van der Waals surface area contributed by atoms with Gasteiger partial charge in [0.1, 0.15) is 6.04 Å². The maximum absolute atomic E-state index is 13.6. The second-order valence-electron chi connectivity index (χ2n) is 10.3. The molecule has 208 valence electrons. The van der Waals surface area contributed by atoms with Gasteiger partial charge in [-0.25, -0.2) is 8.42 Å². The highest BCUT2D eigenvalue weighted by Crippen LogP contribution is 2.23. The van der Waals surface area contributed by atoms with Crippen LogP contribution in [0.2, 0.25) is 5.02 Å². The number of amides is 2. The van der Waals surface area contributed by atoms with Crippen LogP contribution in [0.25, 0.3) is 0 Å². The number of sulfonamides is 1. The van der Waals surface area contributed by atoms with Gasteiger partial charge in [-0.3, -0.25) is 13.9 Å². The molecule has 1 aliphatic rings. The lowest BCUT2D eigenvalue weighted by Gasteiger charge is -2.32. The van der Waals surface area contributed by atoms with E-state index in [1.807, 2.05) is 51.1 Å². The summed E-state index contributed by atoms with van der Waals surface area (Å²) in [6, 6.07) is 12.5. The van der Waals surface area contributed by atoms with Gasteiger partial charge < -0.3 is 10.2 Å². The number of benzene rings is 2. The summed E-state index contributed by atoms with van der Waals surface area (Å²) in [5.74, 6) is -0.308. The molecule has 1 aliphatic carbocycles. The quantitative estimate of drug-likeness (QED) is 0.377. The van der Waals surface area contributed by atoms with Crippen molar-refractivity contribution in [2.45, 2.75) is 84.3 Å². The SMILES string of the molecule is CC[C@H](C(=O)NC1CCCC1)N(Cc1ccc(Cl)cc1)C(=O)CCCN(c1cc(C)cc(C)c1)S(C)(=O)=O. The number of rotatable bonds is 12. The predicted molar refractivity (Wildman–Crippen MR) is 154 cm³/mol. The molecule has 1 N–H and O–H groups in total. The Balaban J connectivity index is 1.76. The number of halogens is 1. The molecule has 1 saturated carbocycles. The third-order valence-electron chi connectivity index (χ3n) is 7.00. The first-order chi connectivity index (χ1) is 18.0. The zero-order valence-corrected chi connectivity index (χ0v) is 24.4. The number of hydrogen-bond acceptors (Lipinski definition) is 4. The molecular formula is C29H40ClN3O4S. The minimum absolute atomic E-state index is 0.123. The van der Waals surface area contributed by atoms with Crippen molar-refractivity contribution in [2.75, 3.05) is 17.1 Å². The van der Waals surface area contributed by atoms with Gasteiger partial charge in [0, 0.05) is 30.6 Å². The van der Waals surface area contributed by atoms with Gasteiger partial charge in [-0.2, -0.15) is 0 Å². The molecule has 1 fully saturated rings. The molecule has 0 radical (unpaired) electrons. The largest absolute Gasteiger partial charge is 0.352 e. The Morgan fingerprint density at radius 2 is 1.66 bits per heavy atom. The van der Waals surface area contributed by atoms with E-state index >= 15 is 0 Å². The lowest BCUT2D eigenvalue weighted by atomic mass is 10.1. The van der Waals surface area contributed by atoms with Gasteiger partial charge in [0.15, 0.2) is 0 Å². The fourth-order valence-electron chi connectivity index (χ4n) is 5.17. The Bertz CT molecular complexity index is 1190. The van der Waals surface area contributed by atoms with Crippen molar-refractivity contribution >= 4 is 39.1 Å². The summed E-state index contributed by atoms with van der Waals surface area (Å²) in [5.41, 5.74) is 3.41. The van der Waals surface area contributed by atoms with Crippen molar-refractivity contribution in [3.8, 4) is 0 Å². The second-order valence-corrected chi connectivity index (χ2v) is 12.7. The smallest absolute Gasteiger partial charge is 0.243 e. The van der Waals surface area contributed by atoms with E-state index in [0.717, 1.165) is 42.4 Å². The predicted octanol–water partition coefficient (Wildman–Crippen LogP) is 5.37. The average Bonchev–Trinajstić information content (AvgIpc) is 3.34. The molecule has 2 amide bonds. The zero-order valence-electron chi connectivity index (χ0n) is 22.9. The number of nitrogens with zero attached hydrogens (tertiary/aromatic N) is 2. The van der Waals surface area contributed by atoms with Crippen molar-refractivity contribution < 1.29 is 18.0 Å². The van der Waals surface area contributed by atoms with Crippen LogP contribution < -0.4 is 9.62 Å². The first-order valence-corrected chi connectivity index (χ1v) is 15.6. The van der Waals surface area contributed by atoms with Gasteiger partial charge in [-0.15, -0.1) is 0 Å². The molecule has 1 atom stereocenters. The number of carbonyl (C=O) groups is 2. The van der Waals surface area contributed by atoms with E-state index in [2.05, 4.69) is 5.32 Å². The monoisotopic (exact) mass is 561 g/mol. The van der Waals surface area contributed by atoms with Crippen molar-refractivity contribution in [1.29, 1.82) is 0 Å². The summed E-state index contributed by atoms with van der Waals surface area (Å²) in [5, 5.41) is 3.75. The summed E-state index contributed by atoms with van der Waals surface area (Å²) in [6.45, 7) is 6.21. The van der Waals surface area contributed by atoms with Gasteiger partial charge in [-0.05, 0) is 80.5 Å². The molecule has 0 spiro atoms. The van der Waals surface area contributed by atoms with Crippen LogP contribution in [0.4, 0.5) is 5.69 Å². The summed E-state index contributed by atoms with van der Waals surface area (Å²) < 4.78 is 26.6. The van der Waals surface area contributed by atoms with Crippen LogP contribution in [0.3, 0.4) is 0 Å². The van der Waals surface area contributed by atoms with Crippen LogP contribution >= 0.6 is 11.6 Å². The van der Waals surface area contributed by atoms with E-state index in [1.165, 1.54) is 10.6 Å². The lowest BCUT2D eigenvalue weighted by molar-refractivity contribution is -0.141. The van der Waals surface area contributed by atoms with Gasteiger partial charge in [0.2, 0.25) is 21.8 Å². The topological polar surface area (TPSA) is 86.8 Å². The zero-order chi connectivity index (χ0) is 27.9. The summed E-state index contributed by atoms with van der Waals surface area (Å²) >= 11 is 6.05. The highest BCUT2D eigenvalue weighted by Gasteiger charge is 2.30. The minimum atomic E-state index is -3.54. The molecule has 0 aliphatic heterocycles. The second kappa shape index (κ2) is 13.5. The Morgan fingerprint density at radius 3 is 2.21 bits per heavy atom. The molecule has 38 heavy (non-hydrogen) atoms.